The molecule has 2 aromatic rings. The van der Waals surface area contributed by atoms with Crippen LogP contribution in [-0.2, 0) is 10.0 Å². The smallest absolute Gasteiger partial charge is 0.261 e. The number of anilines is 2. The number of para-hydroxylation sites is 1. The standard InChI is InChI=1S/C17H20N2O4S/c1-18(17(20)15-7-5-6-8-16(15)23-3)13-9-11-14(12-10-13)19(2)24(4,21)22/h5-12H,1-4H3. The van der Waals surface area contributed by atoms with Crippen LogP contribution in [0.3, 0.4) is 0 Å². The molecule has 0 spiro atoms. The van der Waals surface area contributed by atoms with E-state index in [0.29, 0.717) is 22.7 Å². The SMILES string of the molecule is COc1ccccc1C(=O)N(C)c1ccc(N(C)S(C)(=O)=O)cc1. The summed E-state index contributed by atoms with van der Waals surface area (Å²) in [6.07, 6.45) is 1.14. The van der Waals surface area contributed by atoms with Crippen molar-refractivity contribution < 1.29 is 17.9 Å². The number of ether oxygens (including phenoxy) is 1. The van der Waals surface area contributed by atoms with E-state index in [1.54, 1.807) is 55.6 Å². The van der Waals surface area contributed by atoms with Crippen LogP contribution in [-0.4, -0.2) is 41.8 Å². The van der Waals surface area contributed by atoms with Crippen LogP contribution in [0.4, 0.5) is 11.4 Å². The molecule has 0 aliphatic rings. The molecular weight excluding hydrogens is 328 g/mol. The zero-order valence-corrected chi connectivity index (χ0v) is 14.9. The Bertz CT molecular complexity index is 832. The maximum absolute atomic E-state index is 12.6. The Hall–Kier alpha value is -2.54. The van der Waals surface area contributed by atoms with Gasteiger partial charge in [0.25, 0.3) is 5.91 Å². The number of hydrogen-bond acceptors (Lipinski definition) is 4. The van der Waals surface area contributed by atoms with E-state index in [-0.39, 0.29) is 5.91 Å². The van der Waals surface area contributed by atoms with Gasteiger partial charge in [-0.1, -0.05) is 12.1 Å². The van der Waals surface area contributed by atoms with Crippen molar-refractivity contribution in [1.82, 2.24) is 0 Å². The fourth-order valence-electron chi connectivity index (χ4n) is 2.20. The maximum atomic E-state index is 12.6. The Kier molecular flexibility index (Phi) is 5.14. The second kappa shape index (κ2) is 6.92. The van der Waals surface area contributed by atoms with Crippen LogP contribution in [0.2, 0.25) is 0 Å². The number of benzene rings is 2. The lowest BCUT2D eigenvalue weighted by Crippen LogP contribution is -2.27. The molecule has 0 N–H and O–H groups in total. The van der Waals surface area contributed by atoms with Crippen LogP contribution in [0, 0.1) is 0 Å². The first-order valence-corrected chi connectivity index (χ1v) is 9.05. The van der Waals surface area contributed by atoms with E-state index in [1.165, 1.54) is 23.4 Å². The molecule has 0 bridgehead atoms. The Balaban J connectivity index is 2.27. The second-order valence-electron chi connectivity index (χ2n) is 5.31. The third kappa shape index (κ3) is 3.68. The summed E-state index contributed by atoms with van der Waals surface area (Å²) in [7, 11) is 1.33. The number of carbonyl (C=O) groups excluding carboxylic acids is 1. The number of amides is 1. The molecule has 0 fully saturated rings. The molecule has 0 heterocycles. The van der Waals surface area contributed by atoms with E-state index in [9.17, 15) is 13.2 Å². The highest BCUT2D eigenvalue weighted by Gasteiger charge is 2.18. The van der Waals surface area contributed by atoms with Crippen LogP contribution < -0.4 is 13.9 Å². The summed E-state index contributed by atoms with van der Waals surface area (Å²) in [5.41, 5.74) is 1.63. The molecule has 2 rings (SSSR count). The number of hydrogen-bond donors (Lipinski definition) is 0. The van der Waals surface area contributed by atoms with Gasteiger partial charge >= 0.3 is 0 Å². The maximum Gasteiger partial charge on any atom is 0.261 e. The number of rotatable bonds is 5. The number of methoxy groups -OCH3 is 1. The molecule has 0 aliphatic heterocycles. The average molecular weight is 348 g/mol. The highest BCUT2D eigenvalue weighted by atomic mass is 32.2. The van der Waals surface area contributed by atoms with Crippen LogP contribution >= 0.6 is 0 Å². The monoisotopic (exact) mass is 348 g/mol. The van der Waals surface area contributed by atoms with Crippen molar-refractivity contribution in [3.8, 4) is 5.75 Å². The molecule has 2 aromatic carbocycles. The zero-order valence-electron chi connectivity index (χ0n) is 14.1. The van der Waals surface area contributed by atoms with Crippen molar-refractivity contribution >= 4 is 27.3 Å². The molecule has 24 heavy (non-hydrogen) atoms. The van der Waals surface area contributed by atoms with Gasteiger partial charge in [-0.15, -0.1) is 0 Å². The van der Waals surface area contributed by atoms with Crippen LogP contribution in [0.15, 0.2) is 48.5 Å². The van der Waals surface area contributed by atoms with Gasteiger partial charge in [-0.3, -0.25) is 9.10 Å². The zero-order chi connectivity index (χ0) is 17.9. The largest absolute Gasteiger partial charge is 0.496 e. The summed E-state index contributed by atoms with van der Waals surface area (Å²) in [5, 5.41) is 0. The van der Waals surface area contributed by atoms with Gasteiger partial charge in [0.1, 0.15) is 5.75 Å². The van der Waals surface area contributed by atoms with Gasteiger partial charge in [0.2, 0.25) is 10.0 Å². The minimum atomic E-state index is -3.32. The van der Waals surface area contributed by atoms with Crippen molar-refractivity contribution in [2.45, 2.75) is 0 Å². The van der Waals surface area contributed by atoms with Gasteiger partial charge in [-0.2, -0.15) is 0 Å². The van der Waals surface area contributed by atoms with Crippen LogP contribution in [0.1, 0.15) is 10.4 Å². The molecule has 1 amide bonds. The van der Waals surface area contributed by atoms with E-state index in [0.717, 1.165) is 6.26 Å². The molecule has 0 radical (unpaired) electrons. The minimum absolute atomic E-state index is 0.211. The van der Waals surface area contributed by atoms with E-state index in [1.807, 2.05) is 0 Å². The van der Waals surface area contributed by atoms with Crippen molar-refractivity contribution in [1.29, 1.82) is 0 Å². The fraction of sp³-hybridized carbons (Fsp3) is 0.235. The molecular formula is C17H20N2O4S. The summed E-state index contributed by atoms with van der Waals surface area (Å²) in [4.78, 5) is 14.1. The highest BCUT2D eigenvalue weighted by Crippen LogP contribution is 2.24. The average Bonchev–Trinajstić information content (AvgIpc) is 2.59. The summed E-state index contributed by atoms with van der Waals surface area (Å²) < 4.78 is 29.5. The van der Waals surface area contributed by atoms with Gasteiger partial charge in [-0.05, 0) is 36.4 Å². The number of nitrogens with zero attached hydrogens (tertiary/aromatic N) is 2. The van der Waals surface area contributed by atoms with Crippen LogP contribution in [0.5, 0.6) is 5.75 Å². The Morgan fingerprint density at radius 1 is 0.958 bits per heavy atom. The quantitative estimate of drug-likeness (QED) is 0.832. The highest BCUT2D eigenvalue weighted by molar-refractivity contribution is 7.92. The minimum Gasteiger partial charge on any atom is -0.496 e. The lowest BCUT2D eigenvalue weighted by atomic mass is 10.1. The van der Waals surface area contributed by atoms with Crippen LogP contribution in [0.25, 0.3) is 0 Å². The van der Waals surface area contributed by atoms with E-state index < -0.39 is 10.0 Å². The van der Waals surface area contributed by atoms with Gasteiger partial charge in [0.15, 0.2) is 0 Å². The molecule has 0 aromatic heterocycles. The van der Waals surface area contributed by atoms with E-state index >= 15 is 0 Å². The Morgan fingerprint density at radius 3 is 2.04 bits per heavy atom. The second-order valence-corrected chi connectivity index (χ2v) is 7.33. The number of carbonyl (C=O) groups is 1. The molecule has 0 aliphatic carbocycles. The third-order valence-corrected chi connectivity index (χ3v) is 4.95. The summed E-state index contributed by atoms with van der Waals surface area (Å²) >= 11 is 0. The topological polar surface area (TPSA) is 66.9 Å². The Morgan fingerprint density at radius 2 is 1.50 bits per heavy atom. The van der Waals surface area contributed by atoms with Gasteiger partial charge in [0, 0.05) is 19.8 Å². The molecule has 6 nitrogen and oxygen atoms in total. The normalized spacial score (nSPS) is 11.0. The first-order valence-electron chi connectivity index (χ1n) is 7.20. The summed E-state index contributed by atoms with van der Waals surface area (Å²) in [6, 6.07) is 13.7. The van der Waals surface area contributed by atoms with Gasteiger partial charge in [-0.25, -0.2) is 8.42 Å². The molecule has 7 heteroatoms. The molecule has 0 saturated heterocycles. The van der Waals surface area contributed by atoms with E-state index in [4.69, 9.17) is 4.74 Å². The van der Waals surface area contributed by atoms with Gasteiger partial charge < -0.3 is 9.64 Å². The summed E-state index contributed by atoms with van der Waals surface area (Å²) in [6.45, 7) is 0. The predicted octanol–water partition coefficient (Wildman–Crippen LogP) is 2.37. The fourth-order valence-corrected chi connectivity index (χ4v) is 2.70. The Labute approximate surface area is 142 Å². The van der Waals surface area contributed by atoms with Crippen molar-refractivity contribution in [2.24, 2.45) is 0 Å². The first kappa shape index (κ1) is 17.8. The summed E-state index contributed by atoms with van der Waals surface area (Å²) in [5.74, 6) is 0.291. The predicted molar refractivity (Wildman–Crippen MR) is 95.4 cm³/mol. The van der Waals surface area contributed by atoms with Crippen molar-refractivity contribution in [3.63, 3.8) is 0 Å². The lowest BCUT2D eigenvalue weighted by Gasteiger charge is -2.21. The molecule has 128 valence electrons. The lowest BCUT2D eigenvalue weighted by molar-refractivity contribution is 0.0990. The first-order chi connectivity index (χ1) is 11.3. The number of sulfonamides is 1. The molecule has 0 atom stereocenters. The van der Waals surface area contributed by atoms with E-state index in [2.05, 4.69) is 0 Å². The molecule has 0 unspecified atom stereocenters. The van der Waals surface area contributed by atoms with Crippen molar-refractivity contribution in [2.75, 3.05) is 36.7 Å². The molecule has 0 saturated carbocycles. The third-order valence-electron chi connectivity index (χ3n) is 3.74. The van der Waals surface area contributed by atoms with Crippen molar-refractivity contribution in [3.05, 3.63) is 54.1 Å². The van der Waals surface area contributed by atoms with Gasteiger partial charge in [0.05, 0.1) is 24.6 Å².